The van der Waals surface area contributed by atoms with Gasteiger partial charge in [0, 0.05) is 12.7 Å². The van der Waals surface area contributed by atoms with E-state index in [9.17, 15) is 4.79 Å². The van der Waals surface area contributed by atoms with Crippen LogP contribution < -0.4 is 0 Å². The van der Waals surface area contributed by atoms with E-state index in [4.69, 9.17) is 9.47 Å². The van der Waals surface area contributed by atoms with Crippen LogP contribution in [0, 0.1) is 0 Å². The van der Waals surface area contributed by atoms with Crippen molar-refractivity contribution in [2.45, 2.75) is 19.8 Å². The monoisotopic (exact) mass is 198 g/mol. The summed E-state index contributed by atoms with van der Waals surface area (Å²) in [4.78, 5) is 10.8. The number of rotatable bonds is 8. The molecule has 0 atom stereocenters. The normalized spacial score (nSPS) is 10.4. The molecule has 0 amide bonds. The Labute approximate surface area is 85.4 Å². The minimum Gasteiger partial charge on any atom is -0.463 e. The number of unbranched alkanes of at least 4 members (excludes halogenated alkanes) is 1. The fourth-order valence-corrected chi connectivity index (χ4v) is 0.816. The Morgan fingerprint density at radius 3 is 2.93 bits per heavy atom. The van der Waals surface area contributed by atoms with Crippen LogP contribution in [0.3, 0.4) is 0 Å². The van der Waals surface area contributed by atoms with E-state index >= 15 is 0 Å². The number of carbonyl (C=O) groups excluding carboxylic acids is 1. The highest BCUT2D eigenvalue weighted by atomic mass is 16.5. The van der Waals surface area contributed by atoms with Gasteiger partial charge in [-0.2, -0.15) is 0 Å². The zero-order valence-corrected chi connectivity index (χ0v) is 8.70. The first-order chi connectivity index (χ1) is 6.81. The fraction of sp³-hybridized carbons (Fsp3) is 0.545. The number of allylic oxidation sites excluding steroid dienone is 1. The average molecular weight is 198 g/mol. The third kappa shape index (κ3) is 9.00. The van der Waals surface area contributed by atoms with E-state index in [1.54, 1.807) is 13.0 Å². The summed E-state index contributed by atoms with van der Waals surface area (Å²) in [6, 6.07) is 0. The number of ether oxygens (including phenoxy) is 2. The number of carbonyl (C=O) groups is 1. The Kier molecular flexibility index (Phi) is 9.22. The van der Waals surface area contributed by atoms with Gasteiger partial charge in [-0.3, -0.25) is 0 Å². The molecule has 0 saturated carbocycles. The second-order valence-electron chi connectivity index (χ2n) is 2.66. The van der Waals surface area contributed by atoms with Crippen molar-refractivity contribution in [3.8, 4) is 0 Å². The summed E-state index contributed by atoms with van der Waals surface area (Å²) in [5.74, 6) is -0.317. The van der Waals surface area contributed by atoms with Gasteiger partial charge in [-0.15, -0.1) is 6.58 Å². The van der Waals surface area contributed by atoms with Gasteiger partial charge < -0.3 is 9.47 Å². The van der Waals surface area contributed by atoms with Gasteiger partial charge in [0.25, 0.3) is 0 Å². The first-order valence-electron chi connectivity index (χ1n) is 4.83. The summed E-state index contributed by atoms with van der Waals surface area (Å²) in [5.41, 5.74) is 0. The zero-order chi connectivity index (χ0) is 10.6. The van der Waals surface area contributed by atoms with Crippen LogP contribution in [0.25, 0.3) is 0 Å². The quantitative estimate of drug-likeness (QED) is 0.259. The first-order valence-corrected chi connectivity index (χ1v) is 4.83. The van der Waals surface area contributed by atoms with Crippen molar-refractivity contribution in [2.24, 2.45) is 0 Å². The Morgan fingerprint density at radius 1 is 1.50 bits per heavy atom. The molecule has 0 aliphatic heterocycles. The minimum atomic E-state index is -0.317. The van der Waals surface area contributed by atoms with Crippen LogP contribution in [0.2, 0.25) is 0 Å². The van der Waals surface area contributed by atoms with Gasteiger partial charge in [0.15, 0.2) is 0 Å². The largest absolute Gasteiger partial charge is 0.463 e. The summed E-state index contributed by atoms with van der Waals surface area (Å²) in [5, 5.41) is 0. The van der Waals surface area contributed by atoms with E-state index < -0.39 is 0 Å². The molecule has 0 spiro atoms. The Hall–Kier alpha value is -1.09. The molecule has 0 aliphatic carbocycles. The second-order valence-corrected chi connectivity index (χ2v) is 2.66. The molecular formula is C11H18O3. The standard InChI is InChI=1S/C11H18O3/c1-3-5-6-9-13-10-7-8-11(12)14-4-2/h3,7-8H,1,4-6,9-10H2,2H3/b8-7+. The molecule has 0 aromatic heterocycles. The van der Waals surface area contributed by atoms with Crippen molar-refractivity contribution in [2.75, 3.05) is 19.8 Å². The van der Waals surface area contributed by atoms with Crippen LogP contribution in [0.1, 0.15) is 19.8 Å². The van der Waals surface area contributed by atoms with Crippen molar-refractivity contribution in [3.05, 3.63) is 24.8 Å². The van der Waals surface area contributed by atoms with Gasteiger partial charge in [0.05, 0.1) is 13.2 Å². The summed E-state index contributed by atoms with van der Waals surface area (Å²) in [7, 11) is 0. The SMILES string of the molecule is C=CCCCOC/C=C/C(=O)OCC. The molecule has 0 bridgehead atoms. The summed E-state index contributed by atoms with van der Waals surface area (Å²) in [6.07, 6.45) is 6.83. The van der Waals surface area contributed by atoms with Crippen LogP contribution in [-0.4, -0.2) is 25.8 Å². The van der Waals surface area contributed by atoms with Crippen LogP contribution in [0.5, 0.6) is 0 Å². The predicted octanol–water partition coefficient (Wildman–Crippen LogP) is 2.09. The van der Waals surface area contributed by atoms with E-state index in [-0.39, 0.29) is 5.97 Å². The summed E-state index contributed by atoms with van der Waals surface area (Å²) >= 11 is 0. The van der Waals surface area contributed by atoms with Gasteiger partial charge in [0.1, 0.15) is 0 Å². The molecule has 0 aromatic carbocycles. The molecule has 0 heterocycles. The molecule has 14 heavy (non-hydrogen) atoms. The van der Waals surface area contributed by atoms with Crippen LogP contribution in [0.4, 0.5) is 0 Å². The highest BCUT2D eigenvalue weighted by Crippen LogP contribution is 1.90. The molecule has 0 saturated heterocycles. The van der Waals surface area contributed by atoms with Gasteiger partial charge in [-0.05, 0) is 19.8 Å². The van der Waals surface area contributed by atoms with Gasteiger partial charge >= 0.3 is 5.97 Å². The number of hydrogen-bond acceptors (Lipinski definition) is 3. The molecule has 0 aromatic rings. The Bertz CT molecular complexity index is 185. The lowest BCUT2D eigenvalue weighted by molar-refractivity contribution is -0.137. The van der Waals surface area contributed by atoms with E-state index in [0.29, 0.717) is 19.8 Å². The maximum Gasteiger partial charge on any atom is 0.330 e. The summed E-state index contributed by atoms with van der Waals surface area (Å²) < 4.78 is 9.91. The lowest BCUT2D eigenvalue weighted by atomic mass is 10.3. The van der Waals surface area contributed by atoms with Gasteiger partial charge in [0.2, 0.25) is 0 Å². The first kappa shape index (κ1) is 12.9. The van der Waals surface area contributed by atoms with Crippen LogP contribution in [0.15, 0.2) is 24.8 Å². The van der Waals surface area contributed by atoms with Crippen LogP contribution >= 0.6 is 0 Å². The molecule has 0 N–H and O–H groups in total. The maximum absolute atomic E-state index is 10.8. The van der Waals surface area contributed by atoms with Gasteiger partial charge in [-0.1, -0.05) is 12.2 Å². The summed E-state index contributed by atoms with van der Waals surface area (Å²) in [6.45, 7) is 6.94. The number of esters is 1. The highest BCUT2D eigenvalue weighted by Gasteiger charge is 1.91. The minimum absolute atomic E-state index is 0.317. The van der Waals surface area contributed by atoms with E-state index in [2.05, 4.69) is 6.58 Å². The average Bonchev–Trinajstić information content (AvgIpc) is 2.17. The van der Waals surface area contributed by atoms with Gasteiger partial charge in [-0.25, -0.2) is 4.79 Å². The Balaban J connectivity index is 3.26. The molecule has 0 rings (SSSR count). The molecule has 0 unspecified atom stereocenters. The van der Waals surface area contributed by atoms with E-state index in [1.807, 2.05) is 6.08 Å². The topological polar surface area (TPSA) is 35.5 Å². The molecule has 3 nitrogen and oxygen atoms in total. The smallest absolute Gasteiger partial charge is 0.330 e. The van der Waals surface area contributed by atoms with E-state index in [0.717, 1.165) is 12.8 Å². The zero-order valence-electron chi connectivity index (χ0n) is 8.70. The third-order valence-electron chi connectivity index (χ3n) is 1.45. The van der Waals surface area contributed by atoms with Crippen molar-refractivity contribution >= 4 is 5.97 Å². The predicted molar refractivity (Wildman–Crippen MR) is 56.0 cm³/mol. The maximum atomic E-state index is 10.8. The van der Waals surface area contributed by atoms with E-state index in [1.165, 1.54) is 6.08 Å². The Morgan fingerprint density at radius 2 is 2.29 bits per heavy atom. The molecule has 3 heteroatoms. The molecule has 80 valence electrons. The number of hydrogen-bond donors (Lipinski definition) is 0. The van der Waals surface area contributed by atoms with Crippen LogP contribution in [-0.2, 0) is 14.3 Å². The van der Waals surface area contributed by atoms with Crippen molar-refractivity contribution < 1.29 is 14.3 Å². The second kappa shape index (κ2) is 9.99. The molecular weight excluding hydrogens is 180 g/mol. The van der Waals surface area contributed by atoms with Crippen molar-refractivity contribution in [1.82, 2.24) is 0 Å². The fourth-order valence-electron chi connectivity index (χ4n) is 0.816. The lowest BCUT2D eigenvalue weighted by Crippen LogP contribution is -2.00. The van der Waals surface area contributed by atoms with Crippen molar-refractivity contribution in [3.63, 3.8) is 0 Å². The highest BCUT2D eigenvalue weighted by molar-refractivity contribution is 5.81. The molecule has 0 fully saturated rings. The lowest BCUT2D eigenvalue weighted by Gasteiger charge is -1.98. The third-order valence-corrected chi connectivity index (χ3v) is 1.45. The van der Waals surface area contributed by atoms with Crippen molar-refractivity contribution in [1.29, 1.82) is 0 Å². The molecule has 0 aliphatic rings. The molecule has 0 radical (unpaired) electrons.